The van der Waals surface area contributed by atoms with Gasteiger partial charge in [-0.1, -0.05) is 13.0 Å². The summed E-state index contributed by atoms with van der Waals surface area (Å²) in [6.45, 7) is 3.03. The number of hydrogen-bond acceptors (Lipinski definition) is 4. The quantitative estimate of drug-likeness (QED) is 0.855. The predicted molar refractivity (Wildman–Crippen MR) is 68.1 cm³/mol. The molecule has 0 amide bonds. The number of likely N-dealkylation sites (N-methyl/N-ethyl adjacent to an activating group) is 1. The standard InChI is InChI=1S/C13H17N5/c1-2-14-13(11-8-16-18-17-11)10-6-5-9-4-3-7-15-12(9)10/h3-4,7-8,10,13-14H,2,5-6H2,1H3,(H,16,17,18). The van der Waals surface area contributed by atoms with E-state index in [1.54, 1.807) is 6.20 Å². The van der Waals surface area contributed by atoms with Gasteiger partial charge in [-0.3, -0.25) is 4.98 Å². The van der Waals surface area contributed by atoms with Crippen molar-refractivity contribution in [3.63, 3.8) is 0 Å². The van der Waals surface area contributed by atoms with Crippen LogP contribution in [0.25, 0.3) is 0 Å². The molecule has 2 aromatic rings. The van der Waals surface area contributed by atoms with Crippen molar-refractivity contribution in [2.75, 3.05) is 6.54 Å². The van der Waals surface area contributed by atoms with Gasteiger partial charge in [0.25, 0.3) is 0 Å². The lowest BCUT2D eigenvalue weighted by atomic mass is 9.94. The Kier molecular flexibility index (Phi) is 3.06. The summed E-state index contributed by atoms with van der Waals surface area (Å²) >= 11 is 0. The van der Waals surface area contributed by atoms with Crippen LogP contribution in [0.5, 0.6) is 0 Å². The van der Waals surface area contributed by atoms with E-state index < -0.39 is 0 Å². The lowest BCUT2D eigenvalue weighted by Gasteiger charge is -2.22. The SMILES string of the molecule is CCNC(c1cn[nH]n1)C1CCc2cccnc21. The molecule has 1 aliphatic carbocycles. The number of aryl methyl sites for hydroxylation is 1. The zero-order chi connectivity index (χ0) is 12.4. The van der Waals surface area contributed by atoms with Gasteiger partial charge in [0, 0.05) is 17.8 Å². The molecule has 0 saturated heterocycles. The third-order valence-corrected chi connectivity index (χ3v) is 3.58. The maximum Gasteiger partial charge on any atom is 0.100 e. The number of fused-ring (bicyclic) bond motifs is 1. The van der Waals surface area contributed by atoms with Crippen LogP contribution in [0, 0.1) is 0 Å². The summed E-state index contributed by atoms with van der Waals surface area (Å²) in [5.74, 6) is 0.395. The van der Waals surface area contributed by atoms with Crippen molar-refractivity contribution in [2.24, 2.45) is 0 Å². The highest BCUT2D eigenvalue weighted by molar-refractivity contribution is 5.31. The molecule has 5 heteroatoms. The van der Waals surface area contributed by atoms with Crippen molar-refractivity contribution in [3.05, 3.63) is 41.5 Å². The molecule has 0 aliphatic heterocycles. The molecule has 5 nitrogen and oxygen atoms in total. The Balaban J connectivity index is 1.93. The molecule has 3 rings (SSSR count). The largest absolute Gasteiger partial charge is 0.308 e. The van der Waals surface area contributed by atoms with Gasteiger partial charge in [0.2, 0.25) is 0 Å². The van der Waals surface area contributed by atoms with Gasteiger partial charge in [-0.25, -0.2) is 0 Å². The molecule has 2 heterocycles. The summed E-state index contributed by atoms with van der Waals surface area (Å²) in [4.78, 5) is 4.56. The number of aromatic nitrogens is 4. The Morgan fingerprint density at radius 3 is 3.28 bits per heavy atom. The van der Waals surface area contributed by atoms with Gasteiger partial charge in [-0.15, -0.1) is 0 Å². The summed E-state index contributed by atoms with van der Waals surface area (Å²) in [7, 11) is 0. The zero-order valence-corrected chi connectivity index (χ0v) is 10.4. The number of nitrogens with one attached hydrogen (secondary N) is 2. The van der Waals surface area contributed by atoms with Gasteiger partial charge in [0.05, 0.1) is 12.2 Å². The van der Waals surface area contributed by atoms with Crippen LogP contribution >= 0.6 is 0 Å². The van der Waals surface area contributed by atoms with Crippen molar-refractivity contribution in [1.82, 2.24) is 25.7 Å². The molecule has 2 N–H and O–H groups in total. The molecular weight excluding hydrogens is 226 g/mol. The number of rotatable bonds is 4. The maximum atomic E-state index is 4.56. The van der Waals surface area contributed by atoms with Crippen molar-refractivity contribution < 1.29 is 0 Å². The molecule has 0 aromatic carbocycles. The minimum atomic E-state index is 0.199. The maximum absolute atomic E-state index is 4.56. The van der Waals surface area contributed by atoms with Crippen LogP contribution < -0.4 is 5.32 Å². The van der Waals surface area contributed by atoms with Crippen LogP contribution in [0.3, 0.4) is 0 Å². The third-order valence-electron chi connectivity index (χ3n) is 3.58. The Morgan fingerprint density at radius 1 is 1.56 bits per heavy atom. The first-order valence-corrected chi connectivity index (χ1v) is 6.43. The Bertz CT molecular complexity index is 506. The highest BCUT2D eigenvalue weighted by Crippen LogP contribution is 2.39. The second-order valence-electron chi connectivity index (χ2n) is 4.62. The fraction of sp³-hybridized carbons (Fsp3) is 0.462. The molecule has 0 fully saturated rings. The second-order valence-corrected chi connectivity index (χ2v) is 4.62. The number of hydrogen-bond donors (Lipinski definition) is 2. The molecule has 2 aromatic heterocycles. The minimum absolute atomic E-state index is 0.199. The average Bonchev–Trinajstić information content (AvgIpc) is 3.06. The summed E-state index contributed by atoms with van der Waals surface area (Å²) in [5.41, 5.74) is 3.56. The first kappa shape index (κ1) is 11.3. The highest BCUT2D eigenvalue weighted by Gasteiger charge is 2.32. The topological polar surface area (TPSA) is 66.5 Å². The summed E-state index contributed by atoms with van der Waals surface area (Å²) < 4.78 is 0. The average molecular weight is 243 g/mol. The van der Waals surface area contributed by atoms with E-state index in [1.165, 1.54) is 11.3 Å². The van der Waals surface area contributed by atoms with Crippen LogP contribution in [0.1, 0.15) is 42.3 Å². The van der Waals surface area contributed by atoms with E-state index in [-0.39, 0.29) is 6.04 Å². The number of H-pyrrole nitrogens is 1. The van der Waals surface area contributed by atoms with Crippen LogP contribution in [0.4, 0.5) is 0 Å². The molecule has 2 atom stereocenters. The highest BCUT2D eigenvalue weighted by atomic mass is 15.3. The minimum Gasteiger partial charge on any atom is -0.308 e. The first-order chi connectivity index (χ1) is 8.90. The van der Waals surface area contributed by atoms with E-state index in [1.807, 2.05) is 12.3 Å². The zero-order valence-electron chi connectivity index (χ0n) is 10.4. The van der Waals surface area contributed by atoms with Crippen molar-refractivity contribution in [1.29, 1.82) is 0 Å². The lowest BCUT2D eigenvalue weighted by molar-refractivity contribution is 0.438. The van der Waals surface area contributed by atoms with Gasteiger partial charge in [0.1, 0.15) is 5.69 Å². The van der Waals surface area contributed by atoms with E-state index in [9.17, 15) is 0 Å². The Morgan fingerprint density at radius 2 is 2.50 bits per heavy atom. The van der Waals surface area contributed by atoms with E-state index >= 15 is 0 Å². The second kappa shape index (κ2) is 4.86. The molecule has 18 heavy (non-hydrogen) atoms. The molecule has 1 aliphatic rings. The van der Waals surface area contributed by atoms with E-state index in [0.29, 0.717) is 5.92 Å². The molecular formula is C13H17N5. The predicted octanol–water partition coefficient (Wildman–Crippen LogP) is 1.58. The summed E-state index contributed by atoms with van der Waals surface area (Å²) in [6.07, 6.45) is 5.90. The summed E-state index contributed by atoms with van der Waals surface area (Å²) in [6, 6.07) is 4.39. The fourth-order valence-corrected chi connectivity index (χ4v) is 2.80. The molecule has 94 valence electrons. The molecule has 0 saturated carbocycles. The van der Waals surface area contributed by atoms with E-state index in [2.05, 4.69) is 38.7 Å². The Labute approximate surface area is 106 Å². The Hall–Kier alpha value is -1.75. The smallest absolute Gasteiger partial charge is 0.100 e. The van der Waals surface area contributed by atoms with Crippen molar-refractivity contribution in [2.45, 2.75) is 31.7 Å². The van der Waals surface area contributed by atoms with E-state index in [0.717, 1.165) is 25.1 Å². The van der Waals surface area contributed by atoms with Gasteiger partial charge in [-0.2, -0.15) is 15.4 Å². The number of pyridine rings is 1. The van der Waals surface area contributed by atoms with Gasteiger partial charge in [-0.05, 0) is 31.0 Å². The lowest BCUT2D eigenvalue weighted by Crippen LogP contribution is -2.26. The van der Waals surface area contributed by atoms with Gasteiger partial charge >= 0.3 is 0 Å². The third kappa shape index (κ3) is 1.90. The molecule has 0 spiro atoms. The van der Waals surface area contributed by atoms with Gasteiger partial charge < -0.3 is 5.32 Å². The van der Waals surface area contributed by atoms with Crippen LogP contribution in [-0.4, -0.2) is 26.9 Å². The molecule has 0 bridgehead atoms. The monoisotopic (exact) mass is 243 g/mol. The molecule has 2 unspecified atom stereocenters. The van der Waals surface area contributed by atoms with Crippen LogP contribution in [0.2, 0.25) is 0 Å². The number of nitrogens with zero attached hydrogens (tertiary/aromatic N) is 3. The normalized spacial score (nSPS) is 19.7. The van der Waals surface area contributed by atoms with Crippen molar-refractivity contribution in [3.8, 4) is 0 Å². The number of aromatic amines is 1. The van der Waals surface area contributed by atoms with Crippen molar-refractivity contribution >= 4 is 0 Å². The fourth-order valence-electron chi connectivity index (χ4n) is 2.80. The van der Waals surface area contributed by atoms with Gasteiger partial charge in [0.15, 0.2) is 0 Å². The molecule has 0 radical (unpaired) electrons. The van der Waals surface area contributed by atoms with E-state index in [4.69, 9.17) is 0 Å². The summed E-state index contributed by atoms with van der Waals surface area (Å²) in [5, 5.41) is 14.3. The van der Waals surface area contributed by atoms with Crippen LogP contribution in [0.15, 0.2) is 24.5 Å². The van der Waals surface area contributed by atoms with Crippen LogP contribution in [-0.2, 0) is 6.42 Å². The first-order valence-electron chi connectivity index (χ1n) is 6.43.